The van der Waals surface area contributed by atoms with E-state index in [1.54, 1.807) is 17.1 Å². The number of rotatable bonds is 5. The molecular weight excluding hydrogens is 422 g/mol. The van der Waals surface area contributed by atoms with Crippen molar-refractivity contribution in [2.45, 2.75) is 116 Å². The van der Waals surface area contributed by atoms with E-state index < -0.39 is 11.2 Å². The van der Waals surface area contributed by atoms with E-state index >= 15 is 0 Å². The van der Waals surface area contributed by atoms with E-state index in [4.69, 9.17) is 5.26 Å². The lowest BCUT2D eigenvalue weighted by Crippen LogP contribution is -2.57. The maximum absolute atomic E-state index is 11.7. The molecule has 5 heteroatoms. The van der Waals surface area contributed by atoms with Crippen molar-refractivity contribution in [3.8, 4) is 6.07 Å². The molecule has 34 heavy (non-hydrogen) atoms. The van der Waals surface area contributed by atoms with Gasteiger partial charge < -0.3 is 10.2 Å². The van der Waals surface area contributed by atoms with Crippen molar-refractivity contribution in [1.29, 1.82) is 5.26 Å². The van der Waals surface area contributed by atoms with Gasteiger partial charge in [0, 0.05) is 6.20 Å². The molecule has 1 unspecified atom stereocenters. The first-order valence-electron chi connectivity index (χ1n) is 13.9. The van der Waals surface area contributed by atoms with Gasteiger partial charge in [0.2, 0.25) is 0 Å². The first-order valence-corrected chi connectivity index (χ1v) is 13.9. The van der Waals surface area contributed by atoms with Gasteiger partial charge in [-0.3, -0.25) is 4.68 Å². The topological polar surface area (TPSA) is 82.1 Å². The maximum atomic E-state index is 11.7. The van der Waals surface area contributed by atoms with E-state index in [0.29, 0.717) is 29.4 Å². The second-order valence-electron chi connectivity index (χ2n) is 13.4. The molecule has 9 atom stereocenters. The zero-order valence-corrected chi connectivity index (χ0v) is 21.8. The Hall–Kier alpha value is -1.38. The van der Waals surface area contributed by atoms with Crippen molar-refractivity contribution >= 4 is 0 Å². The van der Waals surface area contributed by atoms with Crippen LogP contribution in [0.2, 0.25) is 0 Å². The van der Waals surface area contributed by atoms with Crippen molar-refractivity contribution < 1.29 is 10.2 Å². The van der Waals surface area contributed by atoms with Crippen LogP contribution in [0, 0.1) is 51.8 Å². The molecule has 0 radical (unpaired) electrons. The van der Waals surface area contributed by atoms with Crippen molar-refractivity contribution in [2.75, 3.05) is 0 Å². The van der Waals surface area contributed by atoms with Crippen molar-refractivity contribution in [3.63, 3.8) is 0 Å². The minimum Gasteiger partial charge on any atom is -0.390 e. The predicted molar refractivity (Wildman–Crippen MR) is 133 cm³/mol. The highest BCUT2D eigenvalue weighted by atomic mass is 16.3. The van der Waals surface area contributed by atoms with Gasteiger partial charge in [0.25, 0.3) is 0 Å². The maximum Gasteiger partial charge on any atom is 0.102 e. The first-order chi connectivity index (χ1) is 16.0. The van der Waals surface area contributed by atoms with Crippen LogP contribution in [0.1, 0.15) is 104 Å². The zero-order chi connectivity index (χ0) is 24.4. The van der Waals surface area contributed by atoms with E-state index in [0.717, 1.165) is 43.9 Å². The van der Waals surface area contributed by atoms with Gasteiger partial charge in [-0.1, -0.05) is 27.2 Å². The Labute approximate surface area is 205 Å². The normalized spacial score (nSPS) is 45.5. The average molecular weight is 468 g/mol. The fourth-order valence-corrected chi connectivity index (χ4v) is 9.98. The summed E-state index contributed by atoms with van der Waals surface area (Å²) in [6, 6.07) is 2.14. The monoisotopic (exact) mass is 467 g/mol. The van der Waals surface area contributed by atoms with Gasteiger partial charge in [-0.05, 0) is 112 Å². The highest BCUT2D eigenvalue weighted by molar-refractivity contribution is 5.22. The highest BCUT2D eigenvalue weighted by Crippen LogP contribution is 2.69. The molecule has 0 spiro atoms. The van der Waals surface area contributed by atoms with Crippen LogP contribution in [0.25, 0.3) is 0 Å². The molecule has 1 aromatic heterocycles. The van der Waals surface area contributed by atoms with Gasteiger partial charge in [0.05, 0.1) is 29.5 Å². The molecule has 1 aromatic rings. The third kappa shape index (κ3) is 3.75. The fourth-order valence-electron chi connectivity index (χ4n) is 9.98. The van der Waals surface area contributed by atoms with Crippen LogP contribution < -0.4 is 0 Å². The zero-order valence-electron chi connectivity index (χ0n) is 21.8. The summed E-state index contributed by atoms with van der Waals surface area (Å²) in [7, 11) is 0. The quantitative estimate of drug-likeness (QED) is 0.582. The number of nitriles is 1. The number of aromatic nitrogens is 2. The largest absolute Gasteiger partial charge is 0.390 e. The molecule has 0 aromatic carbocycles. The first kappa shape index (κ1) is 24.3. The molecule has 5 nitrogen and oxygen atoms in total. The Morgan fingerprint density at radius 3 is 2.59 bits per heavy atom. The van der Waals surface area contributed by atoms with Crippen LogP contribution in [0.3, 0.4) is 0 Å². The number of fused-ring (bicyclic) bond motifs is 5. The lowest BCUT2D eigenvalue weighted by Gasteiger charge is -2.62. The number of aliphatic hydroxyl groups is 2. The molecule has 4 fully saturated rings. The Morgan fingerprint density at radius 2 is 1.88 bits per heavy atom. The van der Waals surface area contributed by atoms with Gasteiger partial charge in [0.15, 0.2) is 0 Å². The average Bonchev–Trinajstić information content (AvgIpc) is 3.38. The standard InChI is InChI=1S/C29H45N3O2/c1-5-11-29(34)14-13-26(2)21(15-29)6-7-22-23-8-9-25(27(23,3)12-10-24(22)26)28(4,33)19-32-18-20(16-30)17-31-32/h17-18,21-25,33-34H,5-15,19H2,1-4H3/t21-,22-,23-,24-,25-,26-,27-,28?,29+/m0/s1. The molecule has 0 amide bonds. The molecule has 0 bridgehead atoms. The van der Waals surface area contributed by atoms with E-state index in [1.165, 1.54) is 38.5 Å². The minimum absolute atomic E-state index is 0.163. The Morgan fingerprint density at radius 1 is 1.12 bits per heavy atom. The molecule has 5 rings (SSSR count). The lowest BCUT2D eigenvalue weighted by atomic mass is 9.43. The lowest BCUT2D eigenvalue weighted by molar-refractivity contribution is -0.163. The van der Waals surface area contributed by atoms with Crippen LogP contribution >= 0.6 is 0 Å². The van der Waals surface area contributed by atoms with Crippen molar-refractivity contribution in [1.82, 2.24) is 9.78 Å². The molecule has 4 saturated carbocycles. The molecule has 4 aliphatic rings. The SMILES string of the molecule is CCC[C@@]1(O)CC[C@@]2(C)[C@@H](CC[C@@H]3[C@@H]2CC[C@]2(C)[C@@H](C(C)(O)Cn4cc(C#N)cn4)CC[C@@H]32)C1. The molecule has 1 heterocycles. The number of hydrogen-bond acceptors (Lipinski definition) is 4. The third-order valence-corrected chi connectivity index (χ3v) is 11.5. The summed E-state index contributed by atoms with van der Waals surface area (Å²) in [6.45, 7) is 9.68. The fraction of sp³-hybridized carbons (Fsp3) is 0.862. The van der Waals surface area contributed by atoms with Gasteiger partial charge in [0.1, 0.15) is 6.07 Å². The van der Waals surface area contributed by atoms with Crippen molar-refractivity contribution in [2.24, 2.45) is 40.4 Å². The second kappa shape index (κ2) is 8.34. The Bertz CT molecular complexity index is 949. The summed E-state index contributed by atoms with van der Waals surface area (Å²) < 4.78 is 1.76. The summed E-state index contributed by atoms with van der Waals surface area (Å²) in [4.78, 5) is 0. The predicted octanol–water partition coefficient (Wildman–Crippen LogP) is 5.70. The Kier molecular flexibility index (Phi) is 5.97. The summed E-state index contributed by atoms with van der Waals surface area (Å²) >= 11 is 0. The van der Waals surface area contributed by atoms with E-state index in [2.05, 4.69) is 31.9 Å². The summed E-state index contributed by atoms with van der Waals surface area (Å²) in [5.74, 6) is 3.13. The summed E-state index contributed by atoms with van der Waals surface area (Å²) in [6.07, 6.45) is 15.9. The summed E-state index contributed by atoms with van der Waals surface area (Å²) in [5, 5.41) is 36.4. The van der Waals surface area contributed by atoms with E-state index in [9.17, 15) is 10.2 Å². The van der Waals surface area contributed by atoms with Gasteiger partial charge in [-0.25, -0.2) is 0 Å². The molecular formula is C29H45N3O2. The van der Waals surface area contributed by atoms with Crippen LogP contribution in [-0.4, -0.2) is 31.2 Å². The van der Waals surface area contributed by atoms with Crippen molar-refractivity contribution in [3.05, 3.63) is 18.0 Å². The second-order valence-corrected chi connectivity index (χ2v) is 13.4. The smallest absolute Gasteiger partial charge is 0.102 e. The van der Waals surface area contributed by atoms with Gasteiger partial charge >= 0.3 is 0 Å². The molecule has 4 aliphatic carbocycles. The molecule has 2 N–H and O–H groups in total. The van der Waals surface area contributed by atoms with Gasteiger partial charge in [-0.2, -0.15) is 10.4 Å². The third-order valence-electron chi connectivity index (χ3n) is 11.5. The van der Waals surface area contributed by atoms with Crippen LogP contribution in [0.15, 0.2) is 12.4 Å². The van der Waals surface area contributed by atoms with Crippen LogP contribution in [0.4, 0.5) is 0 Å². The molecule has 0 saturated heterocycles. The van der Waals surface area contributed by atoms with Crippen LogP contribution in [0.5, 0.6) is 0 Å². The molecule has 0 aliphatic heterocycles. The number of hydrogen-bond donors (Lipinski definition) is 2. The highest BCUT2D eigenvalue weighted by Gasteiger charge is 2.63. The Balaban J connectivity index is 1.34. The van der Waals surface area contributed by atoms with Crippen LogP contribution in [-0.2, 0) is 6.54 Å². The van der Waals surface area contributed by atoms with E-state index in [1.807, 2.05) is 6.92 Å². The van der Waals surface area contributed by atoms with Gasteiger partial charge in [-0.15, -0.1) is 0 Å². The summed E-state index contributed by atoms with van der Waals surface area (Å²) in [5.41, 5.74) is -0.179. The number of nitrogens with zero attached hydrogens (tertiary/aromatic N) is 3. The van der Waals surface area contributed by atoms with E-state index in [-0.39, 0.29) is 11.3 Å². The molecule has 188 valence electrons. The minimum atomic E-state index is -0.836.